The molecule has 1 heteroatoms. The predicted octanol–water partition coefficient (Wildman–Crippen LogP) is 6.22. The van der Waals surface area contributed by atoms with Crippen LogP contribution in [-0.4, -0.2) is 6.29 Å². The first-order chi connectivity index (χ1) is 11.7. The van der Waals surface area contributed by atoms with Gasteiger partial charge < -0.3 is 0 Å². The molecule has 130 valence electrons. The second-order valence-corrected chi connectivity index (χ2v) is 8.70. The minimum absolute atomic E-state index is 0.179. The zero-order valence-electron chi connectivity index (χ0n) is 16.1. The highest BCUT2D eigenvalue weighted by Crippen LogP contribution is 2.47. The Morgan fingerprint density at radius 1 is 1.00 bits per heavy atom. The Labute approximate surface area is 151 Å². The van der Waals surface area contributed by atoms with Crippen molar-refractivity contribution in [2.24, 2.45) is 0 Å². The van der Waals surface area contributed by atoms with E-state index < -0.39 is 0 Å². The lowest BCUT2D eigenvalue weighted by molar-refractivity contribution is 0.112. The van der Waals surface area contributed by atoms with Crippen LogP contribution < -0.4 is 0 Å². The average molecular weight is 332 g/mol. The van der Waals surface area contributed by atoms with E-state index in [1.54, 1.807) is 0 Å². The van der Waals surface area contributed by atoms with Gasteiger partial charge in [0.2, 0.25) is 0 Å². The second kappa shape index (κ2) is 5.98. The number of rotatable bonds is 3. The standard InChI is InChI=1S/C24H28O/c1-16-12-21-22(24(5,6)11-10-23(21,3)4)14-20(16)17(2)19-9-7-8-18(13-19)15-25/h7-9,12-15H,2,10-11H2,1,3-6H3. The van der Waals surface area contributed by atoms with E-state index in [2.05, 4.69) is 53.3 Å². The summed E-state index contributed by atoms with van der Waals surface area (Å²) in [4.78, 5) is 11.1. The predicted molar refractivity (Wildman–Crippen MR) is 106 cm³/mol. The van der Waals surface area contributed by atoms with Gasteiger partial charge in [0.05, 0.1) is 0 Å². The van der Waals surface area contributed by atoms with Gasteiger partial charge in [0.25, 0.3) is 0 Å². The second-order valence-electron chi connectivity index (χ2n) is 8.70. The SMILES string of the molecule is C=C(c1cccc(C=O)c1)c1cc2c(cc1C)C(C)(C)CCC2(C)C. The van der Waals surface area contributed by atoms with Crippen LogP contribution in [0.5, 0.6) is 0 Å². The van der Waals surface area contributed by atoms with Gasteiger partial charge in [-0.25, -0.2) is 0 Å². The van der Waals surface area contributed by atoms with E-state index in [0.717, 1.165) is 17.4 Å². The van der Waals surface area contributed by atoms with Gasteiger partial charge in [-0.1, -0.05) is 64.6 Å². The Hall–Kier alpha value is -2.15. The van der Waals surface area contributed by atoms with Crippen LogP contribution in [-0.2, 0) is 10.8 Å². The van der Waals surface area contributed by atoms with Crippen molar-refractivity contribution in [1.82, 2.24) is 0 Å². The average Bonchev–Trinajstić information content (AvgIpc) is 2.58. The van der Waals surface area contributed by atoms with Crippen molar-refractivity contribution in [3.63, 3.8) is 0 Å². The number of hydrogen-bond acceptors (Lipinski definition) is 1. The lowest BCUT2D eigenvalue weighted by Gasteiger charge is -2.42. The zero-order valence-corrected chi connectivity index (χ0v) is 16.1. The number of hydrogen-bond donors (Lipinski definition) is 0. The maximum atomic E-state index is 11.1. The molecule has 0 saturated carbocycles. The van der Waals surface area contributed by atoms with Crippen molar-refractivity contribution in [3.8, 4) is 0 Å². The van der Waals surface area contributed by atoms with Crippen LogP contribution in [0.1, 0.15) is 78.7 Å². The molecule has 0 radical (unpaired) electrons. The summed E-state index contributed by atoms with van der Waals surface area (Å²) in [6.45, 7) is 15.9. The fourth-order valence-corrected chi connectivity index (χ4v) is 4.00. The Kier molecular flexibility index (Phi) is 4.23. The van der Waals surface area contributed by atoms with E-state index in [-0.39, 0.29) is 10.8 Å². The largest absolute Gasteiger partial charge is 0.298 e. The van der Waals surface area contributed by atoms with Gasteiger partial charge in [-0.3, -0.25) is 4.79 Å². The van der Waals surface area contributed by atoms with E-state index in [9.17, 15) is 4.79 Å². The minimum Gasteiger partial charge on any atom is -0.298 e. The van der Waals surface area contributed by atoms with Crippen LogP contribution in [0.3, 0.4) is 0 Å². The number of carbonyl (C=O) groups is 1. The van der Waals surface area contributed by atoms with E-state index in [1.807, 2.05) is 24.3 Å². The van der Waals surface area contributed by atoms with Gasteiger partial charge in [0, 0.05) is 5.56 Å². The fourth-order valence-electron chi connectivity index (χ4n) is 4.00. The van der Waals surface area contributed by atoms with Gasteiger partial charge in [-0.05, 0) is 70.1 Å². The van der Waals surface area contributed by atoms with E-state index in [4.69, 9.17) is 0 Å². The Bertz CT molecular complexity index is 852. The van der Waals surface area contributed by atoms with Crippen LogP contribution in [0, 0.1) is 6.92 Å². The molecule has 2 aromatic rings. The summed E-state index contributed by atoms with van der Waals surface area (Å²) in [6.07, 6.45) is 3.30. The lowest BCUT2D eigenvalue weighted by atomic mass is 9.62. The number of aryl methyl sites for hydroxylation is 1. The quantitative estimate of drug-likeness (QED) is 0.610. The maximum absolute atomic E-state index is 11.1. The number of fused-ring (bicyclic) bond motifs is 1. The third kappa shape index (κ3) is 3.08. The summed E-state index contributed by atoms with van der Waals surface area (Å²) in [5.74, 6) is 0. The first-order valence-electron chi connectivity index (χ1n) is 9.06. The van der Waals surface area contributed by atoms with Crippen molar-refractivity contribution in [1.29, 1.82) is 0 Å². The monoisotopic (exact) mass is 332 g/mol. The van der Waals surface area contributed by atoms with Crippen molar-refractivity contribution in [2.75, 3.05) is 0 Å². The molecular formula is C24H28O. The topological polar surface area (TPSA) is 17.1 Å². The van der Waals surface area contributed by atoms with E-state index in [1.165, 1.54) is 35.1 Å². The highest BCUT2D eigenvalue weighted by Gasteiger charge is 2.37. The van der Waals surface area contributed by atoms with Crippen LogP contribution >= 0.6 is 0 Å². The maximum Gasteiger partial charge on any atom is 0.150 e. The fraction of sp³-hybridized carbons (Fsp3) is 0.375. The van der Waals surface area contributed by atoms with Gasteiger partial charge in [-0.2, -0.15) is 0 Å². The normalized spacial score (nSPS) is 17.6. The molecule has 25 heavy (non-hydrogen) atoms. The molecule has 2 aromatic carbocycles. The van der Waals surface area contributed by atoms with E-state index >= 15 is 0 Å². The molecule has 0 spiro atoms. The van der Waals surface area contributed by atoms with Crippen molar-refractivity contribution in [2.45, 2.75) is 58.3 Å². The molecule has 1 aliphatic carbocycles. The van der Waals surface area contributed by atoms with Crippen LogP contribution in [0.15, 0.2) is 43.0 Å². The molecule has 1 nitrogen and oxygen atoms in total. The van der Waals surface area contributed by atoms with Gasteiger partial charge in [0.1, 0.15) is 6.29 Å². The van der Waals surface area contributed by atoms with E-state index in [0.29, 0.717) is 5.56 Å². The summed E-state index contributed by atoms with van der Waals surface area (Å²) in [7, 11) is 0. The van der Waals surface area contributed by atoms with Crippen LogP contribution in [0.25, 0.3) is 5.57 Å². The van der Waals surface area contributed by atoms with Gasteiger partial charge in [0.15, 0.2) is 0 Å². The zero-order chi connectivity index (χ0) is 18.4. The Morgan fingerprint density at radius 3 is 2.20 bits per heavy atom. The summed E-state index contributed by atoms with van der Waals surface area (Å²) >= 11 is 0. The molecule has 0 aliphatic heterocycles. The molecule has 3 rings (SSSR count). The van der Waals surface area contributed by atoms with Gasteiger partial charge >= 0.3 is 0 Å². The molecule has 0 atom stereocenters. The highest BCUT2D eigenvalue weighted by atomic mass is 16.1. The minimum atomic E-state index is 0.179. The van der Waals surface area contributed by atoms with Crippen LogP contribution in [0.4, 0.5) is 0 Å². The molecule has 0 unspecified atom stereocenters. The number of aldehydes is 1. The molecule has 0 amide bonds. The first-order valence-corrected chi connectivity index (χ1v) is 9.06. The highest BCUT2D eigenvalue weighted by molar-refractivity contribution is 5.84. The summed E-state index contributed by atoms with van der Waals surface area (Å²) in [6, 6.07) is 12.4. The molecule has 0 heterocycles. The lowest BCUT2D eigenvalue weighted by Crippen LogP contribution is -2.34. The Balaban J connectivity index is 2.15. The molecule has 0 aromatic heterocycles. The number of benzene rings is 2. The van der Waals surface area contributed by atoms with Crippen molar-refractivity contribution >= 4 is 11.9 Å². The third-order valence-electron chi connectivity index (χ3n) is 5.89. The van der Waals surface area contributed by atoms with Gasteiger partial charge in [-0.15, -0.1) is 0 Å². The van der Waals surface area contributed by atoms with Crippen molar-refractivity contribution < 1.29 is 4.79 Å². The molecular weight excluding hydrogens is 304 g/mol. The molecule has 0 fully saturated rings. The number of carbonyl (C=O) groups excluding carboxylic acids is 1. The molecule has 0 bridgehead atoms. The summed E-state index contributed by atoms with van der Waals surface area (Å²) in [5.41, 5.74) is 8.44. The summed E-state index contributed by atoms with van der Waals surface area (Å²) < 4.78 is 0. The molecule has 1 aliphatic rings. The van der Waals surface area contributed by atoms with Crippen LogP contribution in [0.2, 0.25) is 0 Å². The molecule has 0 saturated heterocycles. The Morgan fingerprint density at radius 2 is 1.60 bits per heavy atom. The summed E-state index contributed by atoms with van der Waals surface area (Å²) in [5, 5.41) is 0. The first kappa shape index (κ1) is 17.7. The smallest absolute Gasteiger partial charge is 0.150 e. The molecule has 0 N–H and O–H groups in total. The third-order valence-corrected chi connectivity index (χ3v) is 5.89. The van der Waals surface area contributed by atoms with Crippen molar-refractivity contribution in [3.05, 3.63) is 76.4 Å².